The summed E-state index contributed by atoms with van der Waals surface area (Å²) >= 11 is 0. The summed E-state index contributed by atoms with van der Waals surface area (Å²) < 4.78 is 0. The summed E-state index contributed by atoms with van der Waals surface area (Å²) in [4.78, 5) is 36.2. The molecule has 2 N–H and O–H groups in total. The van der Waals surface area contributed by atoms with Gasteiger partial charge in [0.2, 0.25) is 11.8 Å². The fourth-order valence-corrected chi connectivity index (χ4v) is 2.08. The molecule has 1 fully saturated rings. The third kappa shape index (κ3) is 3.81. The monoisotopic (exact) mass is 268 g/mol. The van der Waals surface area contributed by atoms with Crippen LogP contribution in [0.25, 0.3) is 0 Å². The minimum atomic E-state index is -1.10. The maximum absolute atomic E-state index is 12.0. The van der Waals surface area contributed by atoms with Crippen molar-refractivity contribution >= 4 is 17.8 Å². The van der Waals surface area contributed by atoms with E-state index in [-0.39, 0.29) is 30.7 Å². The second-order valence-corrected chi connectivity index (χ2v) is 4.96. The number of rotatable bonds is 6. The number of amides is 2. The van der Waals surface area contributed by atoms with E-state index < -0.39 is 17.9 Å². The summed E-state index contributed by atoms with van der Waals surface area (Å²) in [6, 6.07) is -0.929. The Morgan fingerprint density at radius 2 is 2.21 bits per heavy atom. The molecule has 1 saturated heterocycles. The molecule has 0 saturated carbocycles. The third-order valence-electron chi connectivity index (χ3n) is 3.17. The molecule has 0 aromatic heterocycles. The zero-order valence-corrected chi connectivity index (χ0v) is 11.3. The summed E-state index contributed by atoms with van der Waals surface area (Å²) in [5.74, 6) is -2.02. The maximum atomic E-state index is 12.0. The van der Waals surface area contributed by atoms with Crippen LogP contribution in [0.1, 0.15) is 26.7 Å². The fourth-order valence-electron chi connectivity index (χ4n) is 2.08. The van der Waals surface area contributed by atoms with Crippen molar-refractivity contribution in [1.29, 1.82) is 0 Å². The molecule has 0 radical (unpaired) electrons. The Morgan fingerprint density at radius 3 is 2.63 bits per heavy atom. The molecule has 1 heterocycles. The van der Waals surface area contributed by atoms with E-state index in [4.69, 9.17) is 5.11 Å². The van der Waals surface area contributed by atoms with E-state index in [1.807, 2.05) is 13.8 Å². The number of aliphatic carboxylic acids is 1. The molecule has 1 rings (SSSR count). The van der Waals surface area contributed by atoms with Gasteiger partial charge in [-0.15, -0.1) is 6.58 Å². The number of nitrogens with zero attached hydrogens (tertiary/aromatic N) is 1. The third-order valence-corrected chi connectivity index (χ3v) is 3.17. The first-order chi connectivity index (χ1) is 8.86. The number of nitrogens with one attached hydrogen (secondary N) is 1. The highest BCUT2D eigenvalue weighted by Gasteiger charge is 2.36. The van der Waals surface area contributed by atoms with Crippen LogP contribution in [-0.4, -0.2) is 46.4 Å². The van der Waals surface area contributed by atoms with Crippen LogP contribution in [0.2, 0.25) is 0 Å². The van der Waals surface area contributed by atoms with E-state index in [0.29, 0.717) is 6.54 Å². The highest BCUT2D eigenvalue weighted by Crippen LogP contribution is 2.20. The lowest BCUT2D eigenvalue weighted by Gasteiger charge is -2.21. The van der Waals surface area contributed by atoms with Gasteiger partial charge in [0.05, 0.1) is 5.92 Å². The first-order valence-corrected chi connectivity index (χ1v) is 6.30. The molecular formula is C13H20N2O4. The predicted molar refractivity (Wildman–Crippen MR) is 69.3 cm³/mol. The second-order valence-electron chi connectivity index (χ2n) is 4.96. The van der Waals surface area contributed by atoms with Gasteiger partial charge in [0, 0.05) is 19.0 Å². The molecular weight excluding hydrogens is 248 g/mol. The zero-order chi connectivity index (χ0) is 14.6. The van der Waals surface area contributed by atoms with E-state index in [1.165, 1.54) is 6.08 Å². The van der Waals surface area contributed by atoms with Gasteiger partial charge in [-0.2, -0.15) is 0 Å². The van der Waals surface area contributed by atoms with Crippen LogP contribution in [0.3, 0.4) is 0 Å². The van der Waals surface area contributed by atoms with Crippen LogP contribution < -0.4 is 5.32 Å². The number of carboxylic acids is 1. The highest BCUT2D eigenvalue weighted by atomic mass is 16.4. The molecule has 0 spiro atoms. The van der Waals surface area contributed by atoms with Crippen LogP contribution >= 0.6 is 0 Å². The van der Waals surface area contributed by atoms with Gasteiger partial charge in [0.15, 0.2) is 0 Å². The number of carbonyl (C=O) groups excluding carboxylic acids is 2. The molecule has 106 valence electrons. The lowest BCUT2D eigenvalue weighted by atomic mass is 10.1. The molecule has 19 heavy (non-hydrogen) atoms. The smallest absolute Gasteiger partial charge is 0.326 e. The molecule has 6 nitrogen and oxygen atoms in total. The van der Waals surface area contributed by atoms with Crippen LogP contribution in [0.5, 0.6) is 0 Å². The Morgan fingerprint density at radius 1 is 1.58 bits per heavy atom. The van der Waals surface area contributed by atoms with Crippen molar-refractivity contribution in [2.24, 2.45) is 5.92 Å². The molecule has 0 aromatic rings. The quantitative estimate of drug-likeness (QED) is 0.682. The van der Waals surface area contributed by atoms with Gasteiger partial charge in [-0.1, -0.05) is 6.08 Å². The minimum Gasteiger partial charge on any atom is -0.480 e. The molecule has 6 heteroatoms. The molecule has 1 aliphatic heterocycles. The first-order valence-electron chi connectivity index (χ1n) is 6.30. The van der Waals surface area contributed by atoms with Crippen molar-refractivity contribution in [3.05, 3.63) is 12.7 Å². The molecule has 2 amide bonds. The van der Waals surface area contributed by atoms with Crippen LogP contribution in [0.15, 0.2) is 12.7 Å². The summed E-state index contributed by atoms with van der Waals surface area (Å²) in [7, 11) is 0. The molecule has 0 bridgehead atoms. The van der Waals surface area contributed by atoms with E-state index in [9.17, 15) is 14.4 Å². The van der Waals surface area contributed by atoms with Crippen LogP contribution in [0, 0.1) is 5.92 Å². The average molecular weight is 268 g/mol. The highest BCUT2D eigenvalue weighted by molar-refractivity contribution is 5.91. The van der Waals surface area contributed by atoms with Crippen LogP contribution in [-0.2, 0) is 14.4 Å². The zero-order valence-electron chi connectivity index (χ0n) is 11.3. The summed E-state index contributed by atoms with van der Waals surface area (Å²) in [6.45, 7) is 7.58. The standard InChI is InChI=1S/C13H20N2O4/c1-4-5-10(13(18)19)14-12(17)9-6-11(16)15(7-9)8(2)3/h4,8-10H,1,5-7H2,2-3H3,(H,14,17)(H,18,19). The molecule has 0 aromatic carbocycles. The van der Waals surface area contributed by atoms with Gasteiger partial charge in [0.25, 0.3) is 0 Å². The van der Waals surface area contributed by atoms with Gasteiger partial charge in [-0.3, -0.25) is 9.59 Å². The summed E-state index contributed by atoms with van der Waals surface area (Å²) in [5, 5.41) is 11.4. The molecule has 1 aliphatic rings. The Labute approximate surface area is 112 Å². The number of hydrogen-bond acceptors (Lipinski definition) is 3. The number of carboxylic acid groups (broad SMARTS) is 1. The molecule has 0 aliphatic carbocycles. The van der Waals surface area contributed by atoms with Crippen molar-refractivity contribution in [3.8, 4) is 0 Å². The SMILES string of the molecule is C=CCC(NC(=O)C1CC(=O)N(C(C)C)C1)C(=O)O. The Bertz CT molecular complexity index is 392. The molecule has 2 unspecified atom stereocenters. The first kappa shape index (κ1) is 15.2. The van der Waals surface area contributed by atoms with E-state index in [1.54, 1.807) is 4.90 Å². The fraction of sp³-hybridized carbons (Fsp3) is 0.615. The lowest BCUT2D eigenvalue weighted by molar-refractivity contribution is -0.142. The van der Waals surface area contributed by atoms with Crippen molar-refractivity contribution in [3.63, 3.8) is 0 Å². The van der Waals surface area contributed by atoms with Crippen molar-refractivity contribution in [1.82, 2.24) is 10.2 Å². The van der Waals surface area contributed by atoms with E-state index >= 15 is 0 Å². The van der Waals surface area contributed by atoms with Gasteiger partial charge in [-0.05, 0) is 20.3 Å². The lowest BCUT2D eigenvalue weighted by Crippen LogP contribution is -2.44. The number of carbonyl (C=O) groups is 3. The Balaban J connectivity index is 2.62. The maximum Gasteiger partial charge on any atom is 0.326 e. The number of likely N-dealkylation sites (tertiary alicyclic amines) is 1. The minimum absolute atomic E-state index is 0.0498. The average Bonchev–Trinajstić information content (AvgIpc) is 2.70. The summed E-state index contributed by atoms with van der Waals surface area (Å²) in [5.41, 5.74) is 0. The second kappa shape index (κ2) is 6.36. The van der Waals surface area contributed by atoms with Crippen molar-refractivity contribution < 1.29 is 19.5 Å². The van der Waals surface area contributed by atoms with Crippen molar-refractivity contribution in [2.45, 2.75) is 38.8 Å². The van der Waals surface area contributed by atoms with Gasteiger partial charge in [0.1, 0.15) is 6.04 Å². The van der Waals surface area contributed by atoms with E-state index in [2.05, 4.69) is 11.9 Å². The predicted octanol–water partition coefficient (Wildman–Crippen LogP) is 0.389. The van der Waals surface area contributed by atoms with Crippen LogP contribution in [0.4, 0.5) is 0 Å². The largest absolute Gasteiger partial charge is 0.480 e. The van der Waals surface area contributed by atoms with E-state index in [0.717, 1.165) is 0 Å². The topological polar surface area (TPSA) is 86.7 Å². The number of hydrogen-bond donors (Lipinski definition) is 2. The summed E-state index contributed by atoms with van der Waals surface area (Å²) in [6.07, 6.45) is 1.75. The van der Waals surface area contributed by atoms with Gasteiger partial charge >= 0.3 is 5.97 Å². The van der Waals surface area contributed by atoms with Crippen molar-refractivity contribution in [2.75, 3.05) is 6.54 Å². The van der Waals surface area contributed by atoms with Gasteiger partial charge in [-0.25, -0.2) is 4.79 Å². The van der Waals surface area contributed by atoms with Gasteiger partial charge < -0.3 is 15.3 Å². The Kier molecular flexibility index (Phi) is 5.09. The normalized spacial score (nSPS) is 20.5. The molecule has 2 atom stereocenters. The Hall–Kier alpha value is -1.85.